The van der Waals surface area contributed by atoms with Crippen LogP contribution in [-0.4, -0.2) is 34.2 Å². The fourth-order valence-electron chi connectivity index (χ4n) is 2.17. The summed E-state index contributed by atoms with van der Waals surface area (Å²) in [5.74, 6) is 0.584. The number of nitrogens with zero attached hydrogens (tertiary/aromatic N) is 4. The SMILES string of the molecule is O=C(N/N=C/c1ccco1)c1ccncc1.O=C(N/N=C/c1ccco1)c1ccncc1.[Ni]. The second-order valence-corrected chi connectivity index (χ2v) is 5.90. The minimum absolute atomic E-state index is 0. The predicted octanol–water partition coefficient (Wildman–Crippen LogP) is 2.87. The van der Waals surface area contributed by atoms with E-state index in [9.17, 15) is 9.59 Å². The monoisotopic (exact) mass is 488 g/mol. The molecule has 4 aromatic rings. The van der Waals surface area contributed by atoms with E-state index < -0.39 is 0 Å². The standard InChI is InChI=1S/2C11H9N3O2.Ni/c2*15-11(9-3-5-12-6-4-9)14-13-8-10-2-1-7-16-10;/h2*1-8H,(H,14,15);/b2*13-8+;. The van der Waals surface area contributed by atoms with Crippen molar-refractivity contribution in [2.24, 2.45) is 10.2 Å². The van der Waals surface area contributed by atoms with Gasteiger partial charge in [0.1, 0.15) is 11.5 Å². The van der Waals surface area contributed by atoms with Crippen molar-refractivity contribution in [2.75, 3.05) is 0 Å². The molecule has 33 heavy (non-hydrogen) atoms. The van der Waals surface area contributed by atoms with E-state index in [4.69, 9.17) is 8.83 Å². The number of rotatable bonds is 6. The number of carbonyl (C=O) groups is 2. The number of pyridine rings is 2. The van der Waals surface area contributed by atoms with Gasteiger partial charge < -0.3 is 8.83 Å². The molecule has 0 saturated heterocycles. The van der Waals surface area contributed by atoms with Gasteiger partial charge in [0.15, 0.2) is 0 Å². The quantitative estimate of drug-likeness (QED) is 0.243. The third-order valence-electron chi connectivity index (χ3n) is 3.69. The van der Waals surface area contributed by atoms with Gasteiger partial charge in [0.2, 0.25) is 0 Å². The summed E-state index contributed by atoms with van der Waals surface area (Å²) in [4.78, 5) is 30.6. The smallest absolute Gasteiger partial charge is 0.271 e. The fourth-order valence-corrected chi connectivity index (χ4v) is 2.17. The molecule has 2 N–H and O–H groups in total. The van der Waals surface area contributed by atoms with Gasteiger partial charge in [-0.05, 0) is 48.5 Å². The van der Waals surface area contributed by atoms with Crippen LogP contribution in [0.1, 0.15) is 32.2 Å². The second-order valence-electron chi connectivity index (χ2n) is 5.90. The van der Waals surface area contributed by atoms with E-state index in [-0.39, 0.29) is 28.3 Å². The van der Waals surface area contributed by atoms with Crippen molar-refractivity contribution >= 4 is 24.2 Å². The third kappa shape index (κ3) is 8.72. The van der Waals surface area contributed by atoms with Crippen LogP contribution < -0.4 is 10.9 Å². The van der Waals surface area contributed by atoms with Crippen molar-refractivity contribution in [1.82, 2.24) is 20.8 Å². The minimum atomic E-state index is -0.287. The summed E-state index contributed by atoms with van der Waals surface area (Å²) in [5.41, 5.74) is 5.77. The Bertz CT molecular complexity index is 1050. The molecule has 0 aliphatic heterocycles. The predicted molar refractivity (Wildman–Crippen MR) is 116 cm³/mol. The van der Waals surface area contributed by atoms with E-state index in [2.05, 4.69) is 31.0 Å². The Morgan fingerprint density at radius 2 is 1.09 bits per heavy atom. The number of carbonyl (C=O) groups excluding carboxylic acids is 2. The topological polar surface area (TPSA) is 135 Å². The van der Waals surface area contributed by atoms with Gasteiger partial charge in [-0.25, -0.2) is 10.9 Å². The Labute approximate surface area is 198 Å². The average molecular weight is 489 g/mol. The molecule has 4 rings (SSSR count). The van der Waals surface area contributed by atoms with Crippen LogP contribution in [0.2, 0.25) is 0 Å². The molecule has 170 valence electrons. The molecule has 11 heteroatoms. The summed E-state index contributed by atoms with van der Waals surface area (Å²) in [6.45, 7) is 0. The van der Waals surface area contributed by atoms with Gasteiger partial charge in [0, 0.05) is 52.4 Å². The molecule has 0 fully saturated rings. The van der Waals surface area contributed by atoms with E-state index in [1.54, 1.807) is 73.3 Å². The molecule has 0 aromatic carbocycles. The Hall–Kier alpha value is -4.37. The first-order valence-corrected chi connectivity index (χ1v) is 9.26. The maximum atomic E-state index is 11.5. The third-order valence-corrected chi connectivity index (χ3v) is 3.69. The second kappa shape index (κ2) is 13.8. The summed E-state index contributed by atoms with van der Waals surface area (Å²) < 4.78 is 10.0. The normalized spacial score (nSPS) is 10.2. The molecule has 0 aliphatic rings. The molecule has 4 aromatic heterocycles. The number of hydrogen-bond acceptors (Lipinski definition) is 8. The first kappa shape index (κ1) is 24.9. The van der Waals surface area contributed by atoms with Crippen molar-refractivity contribution in [1.29, 1.82) is 0 Å². The molecule has 0 saturated carbocycles. The van der Waals surface area contributed by atoms with Gasteiger partial charge in [-0.3, -0.25) is 19.6 Å². The van der Waals surface area contributed by atoms with Gasteiger partial charge in [0.25, 0.3) is 11.8 Å². The Morgan fingerprint density at radius 3 is 1.42 bits per heavy atom. The van der Waals surface area contributed by atoms with Crippen LogP contribution in [0, 0.1) is 0 Å². The number of amides is 2. The van der Waals surface area contributed by atoms with E-state index >= 15 is 0 Å². The van der Waals surface area contributed by atoms with Gasteiger partial charge in [-0.1, -0.05) is 0 Å². The van der Waals surface area contributed by atoms with Gasteiger partial charge in [0.05, 0.1) is 25.0 Å². The van der Waals surface area contributed by atoms with Crippen LogP contribution in [0.25, 0.3) is 0 Å². The van der Waals surface area contributed by atoms with E-state index in [0.29, 0.717) is 22.6 Å². The molecule has 0 atom stereocenters. The fraction of sp³-hybridized carbons (Fsp3) is 0. The van der Waals surface area contributed by atoms with Crippen molar-refractivity contribution < 1.29 is 34.9 Å². The Kier molecular flexibility index (Phi) is 10.4. The summed E-state index contributed by atoms with van der Waals surface area (Å²) in [5, 5.41) is 7.50. The van der Waals surface area contributed by atoms with Gasteiger partial charge >= 0.3 is 0 Å². The molecule has 0 bridgehead atoms. The maximum Gasteiger partial charge on any atom is 0.271 e. The van der Waals surface area contributed by atoms with Crippen LogP contribution in [0.3, 0.4) is 0 Å². The number of furan rings is 2. The van der Waals surface area contributed by atoms with Gasteiger partial charge in [-0.15, -0.1) is 0 Å². The first-order valence-electron chi connectivity index (χ1n) is 9.26. The van der Waals surface area contributed by atoms with Crippen LogP contribution in [0.4, 0.5) is 0 Å². The summed E-state index contributed by atoms with van der Waals surface area (Å²) in [6, 6.07) is 13.4. The van der Waals surface area contributed by atoms with E-state index in [1.807, 2.05) is 0 Å². The average Bonchev–Trinajstić information content (AvgIpc) is 3.55. The molecule has 0 aliphatic carbocycles. The van der Waals surface area contributed by atoms with Crippen LogP contribution in [-0.2, 0) is 16.5 Å². The first-order chi connectivity index (χ1) is 15.7. The number of nitrogens with one attached hydrogen (secondary N) is 2. The van der Waals surface area contributed by atoms with Crippen molar-refractivity contribution in [3.05, 3.63) is 108 Å². The van der Waals surface area contributed by atoms with E-state index in [0.717, 1.165) is 0 Å². The molecule has 0 spiro atoms. The zero-order valence-electron chi connectivity index (χ0n) is 17.0. The van der Waals surface area contributed by atoms with Crippen molar-refractivity contribution in [3.8, 4) is 0 Å². The number of aromatic nitrogens is 2. The molecular formula is C22H18N6NiO4. The van der Waals surface area contributed by atoms with Crippen LogP contribution in [0.5, 0.6) is 0 Å². The van der Waals surface area contributed by atoms with Crippen molar-refractivity contribution in [3.63, 3.8) is 0 Å². The van der Waals surface area contributed by atoms with Crippen molar-refractivity contribution in [2.45, 2.75) is 0 Å². The largest absolute Gasteiger partial charge is 0.463 e. The zero-order chi connectivity index (χ0) is 22.4. The molecule has 0 radical (unpaired) electrons. The summed E-state index contributed by atoms with van der Waals surface area (Å²) in [6.07, 6.45) is 12.1. The maximum absolute atomic E-state index is 11.5. The number of hydrogen-bond donors (Lipinski definition) is 2. The molecule has 0 unspecified atom stereocenters. The molecule has 2 amide bonds. The zero-order valence-corrected chi connectivity index (χ0v) is 18.0. The minimum Gasteiger partial charge on any atom is -0.463 e. The molecule has 4 heterocycles. The Morgan fingerprint density at radius 1 is 0.697 bits per heavy atom. The van der Waals surface area contributed by atoms with Crippen LogP contribution in [0.15, 0.2) is 105 Å². The van der Waals surface area contributed by atoms with Gasteiger partial charge in [-0.2, -0.15) is 10.2 Å². The number of hydrazone groups is 2. The molecular weight excluding hydrogens is 471 g/mol. The molecule has 10 nitrogen and oxygen atoms in total. The summed E-state index contributed by atoms with van der Waals surface area (Å²) >= 11 is 0. The Balaban J connectivity index is 0.000000227. The van der Waals surface area contributed by atoms with Crippen LogP contribution >= 0.6 is 0 Å². The summed E-state index contributed by atoms with van der Waals surface area (Å²) in [7, 11) is 0. The van der Waals surface area contributed by atoms with E-state index in [1.165, 1.54) is 25.0 Å².